The molecular weight excluding hydrogens is 186 g/mol. The minimum absolute atomic E-state index is 0.380. The van der Waals surface area contributed by atoms with Gasteiger partial charge in [0.2, 0.25) is 0 Å². The molecule has 0 aliphatic carbocycles. The molecule has 2 saturated heterocycles. The molecule has 0 saturated carbocycles. The molecule has 15 heavy (non-hydrogen) atoms. The molecule has 3 nitrogen and oxygen atoms in total. The molecular formula is C12H17N3. The lowest BCUT2D eigenvalue weighted by molar-refractivity contribution is 0.251. The standard InChI is InChI=1S/C12H17N3/c1-4-12(5-2-8-15(12)7-1)6-3-11-9-13-10-14-11/h3,6,9-10H,1-2,4-5,7-8H2,(H,13,14)/b6-3-. The normalized spacial score (nSPS) is 25.1. The van der Waals surface area contributed by atoms with Gasteiger partial charge in [0, 0.05) is 5.54 Å². The van der Waals surface area contributed by atoms with Gasteiger partial charge in [0.15, 0.2) is 0 Å². The van der Waals surface area contributed by atoms with E-state index in [1.54, 1.807) is 6.33 Å². The molecule has 0 amide bonds. The molecule has 3 heteroatoms. The average Bonchev–Trinajstić information content (AvgIpc) is 2.91. The van der Waals surface area contributed by atoms with E-state index in [0.717, 1.165) is 5.69 Å². The number of nitrogens with zero attached hydrogens (tertiary/aromatic N) is 2. The van der Waals surface area contributed by atoms with Gasteiger partial charge in [0.05, 0.1) is 18.2 Å². The number of nitrogens with one attached hydrogen (secondary N) is 1. The predicted molar refractivity (Wildman–Crippen MR) is 60.4 cm³/mol. The molecule has 2 fully saturated rings. The third-order valence-corrected chi connectivity index (χ3v) is 3.80. The molecule has 2 aliphatic rings. The molecule has 2 aliphatic heterocycles. The van der Waals surface area contributed by atoms with Crippen LogP contribution in [0.15, 0.2) is 18.6 Å². The molecule has 3 rings (SSSR count). The third kappa shape index (κ3) is 1.51. The van der Waals surface area contributed by atoms with Gasteiger partial charge < -0.3 is 4.98 Å². The van der Waals surface area contributed by atoms with Gasteiger partial charge in [-0.3, -0.25) is 4.90 Å². The van der Waals surface area contributed by atoms with E-state index in [-0.39, 0.29) is 0 Å². The lowest BCUT2D eigenvalue weighted by atomic mass is 9.93. The zero-order chi connectivity index (χ0) is 10.1. The summed E-state index contributed by atoms with van der Waals surface area (Å²) in [7, 11) is 0. The topological polar surface area (TPSA) is 31.9 Å². The van der Waals surface area contributed by atoms with Crippen LogP contribution < -0.4 is 0 Å². The lowest BCUT2D eigenvalue weighted by Crippen LogP contribution is -2.35. The molecule has 0 unspecified atom stereocenters. The summed E-state index contributed by atoms with van der Waals surface area (Å²) in [5.41, 5.74) is 1.49. The Hall–Kier alpha value is -1.09. The first kappa shape index (κ1) is 9.16. The number of rotatable bonds is 2. The first-order valence-electron chi connectivity index (χ1n) is 5.82. The average molecular weight is 203 g/mol. The fraction of sp³-hybridized carbons (Fsp3) is 0.583. The van der Waals surface area contributed by atoms with E-state index in [1.165, 1.54) is 38.8 Å². The van der Waals surface area contributed by atoms with Crippen LogP contribution in [0.4, 0.5) is 0 Å². The van der Waals surface area contributed by atoms with Crippen LogP contribution in [0.1, 0.15) is 31.4 Å². The Morgan fingerprint density at radius 2 is 2.13 bits per heavy atom. The molecule has 0 radical (unpaired) electrons. The molecule has 3 heterocycles. The second-order valence-electron chi connectivity index (χ2n) is 4.64. The maximum Gasteiger partial charge on any atom is 0.0924 e. The number of H-pyrrole nitrogens is 1. The number of fused-ring (bicyclic) bond motifs is 1. The summed E-state index contributed by atoms with van der Waals surface area (Å²) in [6.07, 6.45) is 13.6. The smallest absolute Gasteiger partial charge is 0.0924 e. The quantitative estimate of drug-likeness (QED) is 0.797. The minimum Gasteiger partial charge on any atom is -0.345 e. The van der Waals surface area contributed by atoms with Crippen molar-refractivity contribution in [2.45, 2.75) is 31.2 Å². The number of hydrogen-bond donors (Lipinski definition) is 1. The monoisotopic (exact) mass is 203 g/mol. The van der Waals surface area contributed by atoms with Crippen LogP contribution in [0.5, 0.6) is 0 Å². The van der Waals surface area contributed by atoms with Crippen molar-refractivity contribution in [3.05, 3.63) is 24.3 Å². The molecule has 80 valence electrons. The molecule has 0 spiro atoms. The van der Waals surface area contributed by atoms with Crippen molar-refractivity contribution in [2.24, 2.45) is 0 Å². The van der Waals surface area contributed by atoms with Crippen molar-refractivity contribution in [1.29, 1.82) is 0 Å². The Labute approximate surface area is 90.2 Å². The van der Waals surface area contributed by atoms with Crippen molar-refractivity contribution >= 4 is 6.08 Å². The van der Waals surface area contributed by atoms with Gasteiger partial charge in [-0.15, -0.1) is 0 Å². The van der Waals surface area contributed by atoms with Crippen molar-refractivity contribution in [3.8, 4) is 0 Å². The van der Waals surface area contributed by atoms with Crippen LogP contribution in [0.25, 0.3) is 6.08 Å². The predicted octanol–water partition coefficient (Wildman–Crippen LogP) is 2.05. The van der Waals surface area contributed by atoms with E-state index in [2.05, 4.69) is 27.0 Å². The second-order valence-corrected chi connectivity index (χ2v) is 4.64. The highest BCUT2D eigenvalue weighted by Crippen LogP contribution is 2.40. The largest absolute Gasteiger partial charge is 0.345 e. The van der Waals surface area contributed by atoms with E-state index < -0.39 is 0 Å². The first-order valence-corrected chi connectivity index (χ1v) is 5.82. The molecule has 1 aromatic heterocycles. The summed E-state index contributed by atoms with van der Waals surface area (Å²) in [5, 5.41) is 0. The van der Waals surface area contributed by atoms with Crippen LogP contribution >= 0.6 is 0 Å². The Morgan fingerprint density at radius 1 is 1.33 bits per heavy atom. The van der Waals surface area contributed by atoms with E-state index >= 15 is 0 Å². The minimum atomic E-state index is 0.380. The van der Waals surface area contributed by atoms with Crippen LogP contribution in [0.2, 0.25) is 0 Å². The van der Waals surface area contributed by atoms with Crippen molar-refractivity contribution in [2.75, 3.05) is 13.1 Å². The number of aromatic nitrogens is 2. The van der Waals surface area contributed by atoms with Crippen molar-refractivity contribution in [3.63, 3.8) is 0 Å². The Kier molecular flexibility index (Phi) is 2.13. The Morgan fingerprint density at radius 3 is 2.80 bits per heavy atom. The van der Waals surface area contributed by atoms with E-state index in [0.29, 0.717) is 5.54 Å². The third-order valence-electron chi connectivity index (χ3n) is 3.80. The van der Waals surface area contributed by atoms with E-state index in [4.69, 9.17) is 0 Å². The fourth-order valence-corrected chi connectivity index (χ4v) is 3.03. The van der Waals surface area contributed by atoms with Gasteiger partial charge in [0.25, 0.3) is 0 Å². The lowest BCUT2D eigenvalue weighted by Gasteiger charge is -2.28. The summed E-state index contributed by atoms with van der Waals surface area (Å²) in [4.78, 5) is 9.79. The number of imidazole rings is 1. The molecule has 0 aromatic carbocycles. The summed E-state index contributed by atoms with van der Waals surface area (Å²) in [6.45, 7) is 2.57. The number of hydrogen-bond acceptors (Lipinski definition) is 2. The summed E-state index contributed by atoms with van der Waals surface area (Å²) in [5.74, 6) is 0. The van der Waals surface area contributed by atoms with Crippen LogP contribution in [-0.4, -0.2) is 33.5 Å². The number of aromatic amines is 1. The highest BCUT2D eigenvalue weighted by molar-refractivity contribution is 5.46. The Balaban J connectivity index is 1.81. The zero-order valence-electron chi connectivity index (χ0n) is 8.95. The second kappa shape index (κ2) is 3.49. The summed E-state index contributed by atoms with van der Waals surface area (Å²) < 4.78 is 0. The highest BCUT2D eigenvalue weighted by atomic mass is 15.2. The van der Waals surface area contributed by atoms with Gasteiger partial charge in [-0.2, -0.15) is 0 Å². The maximum atomic E-state index is 4.03. The Bertz CT molecular complexity index is 343. The molecule has 0 atom stereocenters. The highest BCUT2D eigenvalue weighted by Gasteiger charge is 2.41. The maximum absolute atomic E-state index is 4.03. The van der Waals surface area contributed by atoms with Gasteiger partial charge in [-0.05, 0) is 44.8 Å². The van der Waals surface area contributed by atoms with Crippen LogP contribution in [0.3, 0.4) is 0 Å². The van der Waals surface area contributed by atoms with Crippen LogP contribution in [-0.2, 0) is 0 Å². The van der Waals surface area contributed by atoms with Gasteiger partial charge in [0.1, 0.15) is 0 Å². The fourth-order valence-electron chi connectivity index (χ4n) is 3.03. The van der Waals surface area contributed by atoms with E-state index in [1.807, 2.05) is 6.20 Å². The van der Waals surface area contributed by atoms with Crippen LogP contribution in [0, 0.1) is 0 Å². The van der Waals surface area contributed by atoms with Gasteiger partial charge >= 0.3 is 0 Å². The molecule has 1 aromatic rings. The zero-order valence-corrected chi connectivity index (χ0v) is 8.95. The van der Waals surface area contributed by atoms with Crippen molar-refractivity contribution in [1.82, 2.24) is 14.9 Å². The SMILES string of the molecule is C(=C/C12CCCN1CCC2)/c1cnc[nH]1. The molecule has 0 bridgehead atoms. The first-order chi connectivity index (χ1) is 7.39. The van der Waals surface area contributed by atoms with E-state index in [9.17, 15) is 0 Å². The van der Waals surface area contributed by atoms with Gasteiger partial charge in [-0.25, -0.2) is 4.98 Å². The summed E-state index contributed by atoms with van der Waals surface area (Å²) in [6, 6.07) is 0. The van der Waals surface area contributed by atoms with Crippen molar-refractivity contribution < 1.29 is 0 Å². The summed E-state index contributed by atoms with van der Waals surface area (Å²) >= 11 is 0. The molecule has 1 N–H and O–H groups in total. The van der Waals surface area contributed by atoms with Gasteiger partial charge in [-0.1, -0.05) is 6.08 Å².